The molecule has 3 aromatic carbocycles. The lowest BCUT2D eigenvalue weighted by molar-refractivity contribution is 1.55. The van der Waals surface area contributed by atoms with Crippen molar-refractivity contribution in [3.05, 3.63) is 116 Å². The lowest BCUT2D eigenvalue weighted by Crippen LogP contribution is -1.89. The van der Waals surface area contributed by atoms with Gasteiger partial charge in [0.25, 0.3) is 0 Å². The van der Waals surface area contributed by atoms with Gasteiger partial charge < -0.3 is 0 Å². The first-order valence-electron chi connectivity index (χ1n) is 8.04. The van der Waals surface area contributed by atoms with Gasteiger partial charge in [-0.3, -0.25) is 0 Å². The summed E-state index contributed by atoms with van der Waals surface area (Å²) >= 11 is 0. The molecule has 0 atom stereocenters. The van der Waals surface area contributed by atoms with E-state index < -0.39 is 0 Å². The van der Waals surface area contributed by atoms with E-state index in [1.165, 1.54) is 22.3 Å². The minimum atomic E-state index is 1.07. The molecule has 0 spiro atoms. The highest BCUT2D eigenvalue weighted by Crippen LogP contribution is 2.34. The van der Waals surface area contributed by atoms with Crippen molar-refractivity contribution in [2.75, 3.05) is 0 Å². The molecule has 0 saturated heterocycles. The molecule has 0 saturated carbocycles. The monoisotopic (exact) mass is 308 g/mol. The maximum atomic E-state index is 3.92. The minimum Gasteiger partial charge on any atom is -0.0990 e. The Balaban J connectivity index is 2.22. The number of rotatable bonds is 5. The lowest BCUT2D eigenvalue weighted by Gasteiger charge is -2.13. The molecule has 0 bridgehead atoms. The Morgan fingerprint density at radius 3 is 1.79 bits per heavy atom. The summed E-state index contributed by atoms with van der Waals surface area (Å²) in [5, 5.41) is 0. The van der Waals surface area contributed by atoms with Gasteiger partial charge in [-0.1, -0.05) is 104 Å². The van der Waals surface area contributed by atoms with Crippen LogP contribution in [0.25, 0.3) is 27.8 Å². The molecule has 0 fully saturated rings. The minimum absolute atomic E-state index is 1.07. The van der Waals surface area contributed by atoms with Crippen LogP contribution in [0.3, 0.4) is 0 Å². The van der Waals surface area contributed by atoms with Crippen molar-refractivity contribution in [1.29, 1.82) is 0 Å². The Kier molecular flexibility index (Phi) is 4.88. The van der Waals surface area contributed by atoms with Gasteiger partial charge >= 0.3 is 0 Å². The summed E-state index contributed by atoms with van der Waals surface area (Å²) in [4.78, 5) is 0. The normalized spacial score (nSPS) is 11.1. The van der Waals surface area contributed by atoms with Gasteiger partial charge in [-0.05, 0) is 39.5 Å². The fraction of sp³-hybridized carbons (Fsp3) is 0. The predicted molar refractivity (Wildman–Crippen MR) is 106 cm³/mol. The summed E-state index contributed by atoms with van der Waals surface area (Å²) in [5.74, 6) is 0. The summed E-state index contributed by atoms with van der Waals surface area (Å²) < 4.78 is 0. The average Bonchev–Trinajstić information content (AvgIpc) is 2.67. The fourth-order valence-electron chi connectivity index (χ4n) is 2.86. The van der Waals surface area contributed by atoms with Crippen molar-refractivity contribution in [3.8, 4) is 22.3 Å². The Morgan fingerprint density at radius 2 is 1.25 bits per heavy atom. The average molecular weight is 308 g/mol. The molecule has 0 heteroatoms. The van der Waals surface area contributed by atoms with Crippen molar-refractivity contribution in [2.24, 2.45) is 0 Å². The van der Waals surface area contributed by atoms with E-state index in [2.05, 4.69) is 79.9 Å². The van der Waals surface area contributed by atoms with E-state index in [1.807, 2.05) is 24.3 Å². The molecule has 0 aromatic heterocycles. The van der Waals surface area contributed by atoms with Gasteiger partial charge in [0.05, 0.1) is 0 Å². The van der Waals surface area contributed by atoms with Crippen LogP contribution in [0.15, 0.2) is 110 Å². The largest absolute Gasteiger partial charge is 0.0990 e. The second-order valence-corrected chi connectivity index (χ2v) is 5.55. The summed E-state index contributed by atoms with van der Waals surface area (Å²) in [7, 11) is 0. The molecule has 24 heavy (non-hydrogen) atoms. The maximum Gasteiger partial charge on any atom is -0.00992 e. The van der Waals surface area contributed by atoms with E-state index in [0.717, 1.165) is 11.1 Å². The molecule has 0 N–H and O–H groups in total. The Labute approximate surface area is 144 Å². The van der Waals surface area contributed by atoms with Crippen LogP contribution < -0.4 is 0 Å². The molecule has 0 amide bonds. The zero-order valence-electron chi connectivity index (χ0n) is 13.7. The number of benzene rings is 3. The van der Waals surface area contributed by atoms with Gasteiger partial charge in [-0.25, -0.2) is 0 Å². The Bertz CT molecular complexity index is 868. The molecule has 0 nitrogen and oxygen atoms in total. The van der Waals surface area contributed by atoms with Crippen molar-refractivity contribution in [2.45, 2.75) is 0 Å². The van der Waals surface area contributed by atoms with Crippen molar-refractivity contribution in [1.82, 2.24) is 0 Å². The van der Waals surface area contributed by atoms with Crippen molar-refractivity contribution < 1.29 is 0 Å². The van der Waals surface area contributed by atoms with Crippen molar-refractivity contribution in [3.63, 3.8) is 0 Å². The van der Waals surface area contributed by atoms with Crippen LogP contribution in [0.5, 0.6) is 0 Å². The second kappa shape index (κ2) is 7.43. The third-order valence-electron chi connectivity index (χ3n) is 4.04. The van der Waals surface area contributed by atoms with E-state index in [1.54, 1.807) is 6.08 Å². The predicted octanol–water partition coefficient (Wildman–Crippen LogP) is 6.78. The van der Waals surface area contributed by atoms with E-state index in [4.69, 9.17) is 0 Å². The zero-order chi connectivity index (χ0) is 16.8. The fourth-order valence-corrected chi connectivity index (χ4v) is 2.86. The van der Waals surface area contributed by atoms with Crippen LogP contribution in [0.4, 0.5) is 0 Å². The van der Waals surface area contributed by atoms with Gasteiger partial charge in [0.15, 0.2) is 0 Å². The van der Waals surface area contributed by atoms with Crippen molar-refractivity contribution >= 4 is 5.57 Å². The van der Waals surface area contributed by atoms with Crippen LogP contribution >= 0.6 is 0 Å². The third kappa shape index (κ3) is 3.28. The van der Waals surface area contributed by atoms with Gasteiger partial charge in [0.2, 0.25) is 0 Å². The van der Waals surface area contributed by atoms with E-state index in [-0.39, 0.29) is 0 Å². The molecular formula is C24H20. The zero-order valence-corrected chi connectivity index (χ0v) is 13.7. The summed E-state index contributed by atoms with van der Waals surface area (Å²) in [6.07, 6.45) is 5.65. The maximum absolute atomic E-state index is 3.92. The van der Waals surface area contributed by atoms with Crippen LogP contribution in [0.2, 0.25) is 0 Å². The number of hydrogen-bond acceptors (Lipinski definition) is 0. The molecular weight excluding hydrogens is 288 g/mol. The molecule has 3 aromatic rings. The highest BCUT2D eigenvalue weighted by molar-refractivity contribution is 5.87. The van der Waals surface area contributed by atoms with Crippen LogP contribution in [-0.2, 0) is 0 Å². The first kappa shape index (κ1) is 15.8. The van der Waals surface area contributed by atoms with Gasteiger partial charge in [0.1, 0.15) is 0 Å². The summed E-state index contributed by atoms with van der Waals surface area (Å²) in [5.41, 5.74) is 7.09. The standard InChI is InChI=1S/C24H20/c1-3-11-19(4-2)22-16-17-23(20-12-7-5-8-13-20)24(18-22)21-14-9-6-10-15-21/h3-18H,1-2H2/b19-11+. The molecule has 0 radical (unpaired) electrons. The quantitative estimate of drug-likeness (QED) is 0.456. The first-order chi connectivity index (χ1) is 11.8. The molecule has 0 aliphatic carbocycles. The number of hydrogen-bond donors (Lipinski definition) is 0. The van der Waals surface area contributed by atoms with Crippen LogP contribution in [0, 0.1) is 0 Å². The van der Waals surface area contributed by atoms with Gasteiger partial charge in [0, 0.05) is 0 Å². The van der Waals surface area contributed by atoms with Crippen LogP contribution in [0.1, 0.15) is 5.56 Å². The lowest BCUT2D eigenvalue weighted by atomic mass is 9.91. The molecule has 0 aliphatic rings. The highest BCUT2D eigenvalue weighted by Gasteiger charge is 2.09. The third-order valence-corrected chi connectivity index (χ3v) is 4.04. The second-order valence-electron chi connectivity index (χ2n) is 5.55. The summed E-state index contributed by atoms with van der Waals surface area (Å²) in [6, 6.07) is 27.5. The van der Waals surface area contributed by atoms with Crippen LogP contribution in [-0.4, -0.2) is 0 Å². The number of allylic oxidation sites excluding steroid dienone is 4. The highest BCUT2D eigenvalue weighted by atomic mass is 14.1. The molecule has 0 aliphatic heterocycles. The topological polar surface area (TPSA) is 0 Å². The van der Waals surface area contributed by atoms with E-state index in [9.17, 15) is 0 Å². The molecule has 0 unspecified atom stereocenters. The van der Waals surface area contributed by atoms with Gasteiger partial charge in [-0.2, -0.15) is 0 Å². The SMILES string of the molecule is C=C/C=C(\C=C)c1ccc(-c2ccccc2)c(-c2ccccc2)c1. The smallest absolute Gasteiger partial charge is 0.00992 e. The molecule has 116 valence electrons. The Hall–Kier alpha value is -3.12. The van der Waals surface area contributed by atoms with E-state index >= 15 is 0 Å². The summed E-state index contributed by atoms with van der Waals surface area (Å²) in [6.45, 7) is 7.72. The van der Waals surface area contributed by atoms with E-state index in [0.29, 0.717) is 0 Å². The van der Waals surface area contributed by atoms with Gasteiger partial charge in [-0.15, -0.1) is 0 Å². The Morgan fingerprint density at radius 1 is 0.667 bits per heavy atom. The molecule has 0 heterocycles. The molecule has 3 rings (SSSR count). The first-order valence-corrected chi connectivity index (χ1v) is 8.04.